The van der Waals surface area contributed by atoms with E-state index in [1.165, 1.54) is 104 Å². The normalized spacial score (nSPS) is 13.6. The first-order valence-corrected chi connectivity index (χ1v) is 17.6. The van der Waals surface area contributed by atoms with Crippen molar-refractivity contribution >= 4 is 54.1 Å². The van der Waals surface area contributed by atoms with Gasteiger partial charge in [-0.3, -0.25) is 0 Å². The Morgan fingerprint density at radius 2 is 1.02 bits per heavy atom. The molecule has 0 unspecified atom stereocenters. The van der Waals surface area contributed by atoms with Crippen LogP contribution in [0.25, 0.3) is 93.2 Å². The molecule has 1 aromatic heterocycles. The second-order valence-corrected chi connectivity index (χ2v) is 14.5. The molecule has 0 amide bonds. The van der Waals surface area contributed by atoms with E-state index in [9.17, 15) is 0 Å². The predicted molar refractivity (Wildman–Crippen MR) is 213 cm³/mol. The lowest BCUT2D eigenvalue weighted by atomic mass is 9.81. The van der Waals surface area contributed by atoms with Crippen LogP contribution in [0.5, 0.6) is 0 Å². The van der Waals surface area contributed by atoms with Crippen LogP contribution < -0.4 is 0 Å². The molecule has 1 aliphatic carbocycles. The lowest BCUT2D eigenvalue weighted by Crippen LogP contribution is -2.15. The minimum atomic E-state index is -0.119. The number of hydrogen-bond donors (Lipinski definition) is 0. The van der Waals surface area contributed by atoms with Crippen LogP contribution in [-0.2, 0) is 5.41 Å². The molecule has 0 radical (unpaired) electrons. The first-order chi connectivity index (χ1) is 24.5. The topological polar surface area (TPSA) is 4.93 Å². The summed E-state index contributed by atoms with van der Waals surface area (Å²) in [6, 6.07) is 61.1. The van der Waals surface area contributed by atoms with Crippen LogP contribution in [0.1, 0.15) is 25.0 Å². The van der Waals surface area contributed by atoms with Gasteiger partial charge >= 0.3 is 0 Å². The minimum Gasteiger partial charge on any atom is -0.309 e. The molecular weight excluding hydrogens is 603 g/mol. The fourth-order valence-corrected chi connectivity index (χ4v) is 9.06. The number of rotatable bonds is 3. The zero-order chi connectivity index (χ0) is 33.1. The molecule has 0 N–H and O–H groups in total. The highest BCUT2D eigenvalue weighted by Gasteiger charge is 2.36. The summed E-state index contributed by atoms with van der Waals surface area (Å²) in [7, 11) is 0. The van der Waals surface area contributed by atoms with E-state index in [2.05, 4.69) is 182 Å². The summed E-state index contributed by atoms with van der Waals surface area (Å²) >= 11 is 0. The van der Waals surface area contributed by atoms with Crippen molar-refractivity contribution in [1.29, 1.82) is 0 Å². The molecule has 0 bridgehead atoms. The third kappa shape index (κ3) is 3.72. The molecule has 0 saturated carbocycles. The largest absolute Gasteiger partial charge is 0.309 e. The van der Waals surface area contributed by atoms with E-state index in [1.807, 2.05) is 0 Å². The Kier molecular flexibility index (Phi) is 5.51. The van der Waals surface area contributed by atoms with Crippen LogP contribution in [0.4, 0.5) is 0 Å². The second kappa shape index (κ2) is 9.94. The SMILES string of the molecule is CC1(C)c2cc(-c3ccc(-c4ccc5ccc6cccc7ccc4c5c67)cc3)ccc2-c2cc3c(cc21)c1ccccc1n3-c1ccccc1. The molecule has 0 saturated heterocycles. The second-order valence-electron chi connectivity index (χ2n) is 14.5. The number of hydrogen-bond acceptors (Lipinski definition) is 0. The molecule has 0 spiro atoms. The van der Waals surface area contributed by atoms with Crippen molar-refractivity contribution in [3.8, 4) is 39.1 Å². The van der Waals surface area contributed by atoms with Crippen molar-refractivity contribution in [1.82, 2.24) is 4.57 Å². The zero-order valence-electron chi connectivity index (χ0n) is 28.0. The standard InChI is InChI=1S/C49H33N/c1-49(2)43-27-35(30-15-17-31(18-16-30)37-24-21-34-20-19-32-9-8-10-33-22-26-40(37)48(34)47(32)33)23-25-38(43)41-29-46-42(28-44(41)49)39-13-6-7-14-45(39)50(46)36-11-4-3-5-12-36/h3-29H,1-2H3. The van der Waals surface area contributed by atoms with Gasteiger partial charge in [0.1, 0.15) is 0 Å². The highest BCUT2D eigenvalue weighted by atomic mass is 15.0. The molecule has 9 aromatic carbocycles. The monoisotopic (exact) mass is 635 g/mol. The summed E-state index contributed by atoms with van der Waals surface area (Å²) in [4.78, 5) is 0. The van der Waals surface area contributed by atoms with Crippen LogP contribution in [-0.4, -0.2) is 4.57 Å². The van der Waals surface area contributed by atoms with Gasteiger partial charge in [0, 0.05) is 21.9 Å². The Morgan fingerprint density at radius 3 is 1.84 bits per heavy atom. The molecule has 0 fully saturated rings. The van der Waals surface area contributed by atoms with Crippen molar-refractivity contribution in [2.45, 2.75) is 19.3 Å². The maximum atomic E-state index is 2.47. The van der Waals surface area contributed by atoms with E-state index in [1.54, 1.807) is 0 Å². The summed E-state index contributed by atoms with van der Waals surface area (Å²) in [5, 5.41) is 10.6. The van der Waals surface area contributed by atoms with Crippen LogP contribution >= 0.6 is 0 Å². The number of aromatic nitrogens is 1. The summed E-state index contributed by atoms with van der Waals surface area (Å²) in [5.74, 6) is 0. The summed E-state index contributed by atoms with van der Waals surface area (Å²) in [5.41, 5.74) is 14.1. The van der Waals surface area contributed by atoms with Gasteiger partial charge in [-0.05, 0) is 113 Å². The van der Waals surface area contributed by atoms with E-state index in [0.717, 1.165) is 0 Å². The average Bonchev–Trinajstić information content (AvgIpc) is 3.61. The molecule has 1 heteroatoms. The van der Waals surface area contributed by atoms with Crippen molar-refractivity contribution in [3.63, 3.8) is 0 Å². The van der Waals surface area contributed by atoms with Gasteiger partial charge in [-0.25, -0.2) is 0 Å². The van der Waals surface area contributed by atoms with Crippen LogP contribution in [0.3, 0.4) is 0 Å². The van der Waals surface area contributed by atoms with E-state index in [-0.39, 0.29) is 5.41 Å². The third-order valence-corrected chi connectivity index (χ3v) is 11.5. The maximum absolute atomic E-state index is 2.47. The molecule has 11 rings (SSSR count). The molecule has 1 heterocycles. The van der Waals surface area contributed by atoms with Gasteiger partial charge in [-0.2, -0.15) is 0 Å². The first kappa shape index (κ1) is 27.7. The van der Waals surface area contributed by atoms with Gasteiger partial charge in [-0.1, -0.05) is 141 Å². The maximum Gasteiger partial charge on any atom is 0.0547 e. The number of fused-ring (bicyclic) bond motifs is 6. The highest BCUT2D eigenvalue weighted by molar-refractivity contribution is 6.25. The number of nitrogens with zero attached hydrogens (tertiary/aromatic N) is 1. The molecule has 1 aliphatic rings. The average molecular weight is 636 g/mol. The fraction of sp³-hybridized carbons (Fsp3) is 0.0612. The fourth-order valence-electron chi connectivity index (χ4n) is 9.06. The Labute approximate surface area is 291 Å². The van der Waals surface area contributed by atoms with Crippen molar-refractivity contribution in [2.75, 3.05) is 0 Å². The van der Waals surface area contributed by atoms with Gasteiger partial charge in [0.2, 0.25) is 0 Å². The van der Waals surface area contributed by atoms with E-state index >= 15 is 0 Å². The number of para-hydroxylation sites is 2. The van der Waals surface area contributed by atoms with Crippen LogP contribution in [0.2, 0.25) is 0 Å². The molecule has 234 valence electrons. The van der Waals surface area contributed by atoms with Gasteiger partial charge in [0.15, 0.2) is 0 Å². The molecule has 0 atom stereocenters. The van der Waals surface area contributed by atoms with Gasteiger partial charge < -0.3 is 4.57 Å². The van der Waals surface area contributed by atoms with Crippen LogP contribution in [0, 0.1) is 0 Å². The van der Waals surface area contributed by atoms with Crippen molar-refractivity contribution in [3.05, 3.63) is 175 Å². The van der Waals surface area contributed by atoms with Crippen molar-refractivity contribution in [2.24, 2.45) is 0 Å². The predicted octanol–water partition coefficient (Wildman–Crippen LogP) is 13.3. The summed E-state index contributed by atoms with van der Waals surface area (Å²) in [6.07, 6.45) is 0. The summed E-state index contributed by atoms with van der Waals surface area (Å²) < 4.78 is 2.42. The van der Waals surface area contributed by atoms with Gasteiger partial charge in [-0.15, -0.1) is 0 Å². The smallest absolute Gasteiger partial charge is 0.0547 e. The number of benzene rings is 9. The van der Waals surface area contributed by atoms with E-state index in [4.69, 9.17) is 0 Å². The Balaban J connectivity index is 1.02. The molecule has 1 nitrogen and oxygen atoms in total. The molecule has 50 heavy (non-hydrogen) atoms. The quantitative estimate of drug-likeness (QED) is 0.170. The summed E-state index contributed by atoms with van der Waals surface area (Å²) in [6.45, 7) is 4.78. The molecule has 0 aliphatic heterocycles. The van der Waals surface area contributed by atoms with E-state index < -0.39 is 0 Å². The first-order valence-electron chi connectivity index (χ1n) is 17.6. The van der Waals surface area contributed by atoms with Gasteiger partial charge in [0.05, 0.1) is 11.0 Å². The lowest BCUT2D eigenvalue weighted by Gasteiger charge is -2.22. The Hall–Kier alpha value is -6.18. The third-order valence-electron chi connectivity index (χ3n) is 11.5. The minimum absolute atomic E-state index is 0.119. The van der Waals surface area contributed by atoms with Gasteiger partial charge in [0.25, 0.3) is 0 Å². The highest BCUT2D eigenvalue weighted by Crippen LogP contribution is 2.52. The zero-order valence-corrected chi connectivity index (χ0v) is 28.0. The molecule has 10 aromatic rings. The lowest BCUT2D eigenvalue weighted by molar-refractivity contribution is 0.661. The Morgan fingerprint density at radius 1 is 0.380 bits per heavy atom. The molecular formula is C49H33N. The van der Waals surface area contributed by atoms with Crippen molar-refractivity contribution < 1.29 is 0 Å². The van der Waals surface area contributed by atoms with E-state index in [0.29, 0.717) is 0 Å². The Bertz CT molecular complexity index is 2960. The van der Waals surface area contributed by atoms with Crippen LogP contribution in [0.15, 0.2) is 164 Å².